The molecule has 1 N–H and O–H groups in total. The highest BCUT2D eigenvalue weighted by Crippen LogP contribution is 2.31. The van der Waals surface area contributed by atoms with Crippen molar-refractivity contribution in [2.24, 2.45) is 10.1 Å². The van der Waals surface area contributed by atoms with Crippen LogP contribution in [0.2, 0.25) is 0 Å². The summed E-state index contributed by atoms with van der Waals surface area (Å²) < 4.78 is 5.87. The fourth-order valence-electron chi connectivity index (χ4n) is 3.81. The van der Waals surface area contributed by atoms with Gasteiger partial charge in [0.1, 0.15) is 12.4 Å². The van der Waals surface area contributed by atoms with Crippen LogP contribution in [0.1, 0.15) is 29.5 Å². The number of aryl methyl sites for hydroxylation is 1. The first kappa shape index (κ1) is 20.5. The van der Waals surface area contributed by atoms with Gasteiger partial charge in [0, 0.05) is 13.1 Å². The third-order valence-electron chi connectivity index (χ3n) is 5.50. The van der Waals surface area contributed by atoms with Crippen LogP contribution in [0, 0.1) is 12.3 Å². The maximum atomic E-state index is 12.6. The highest BCUT2D eigenvalue weighted by Gasteiger charge is 2.37. The number of rotatable bonds is 4. The fourth-order valence-corrected chi connectivity index (χ4v) is 4.76. The minimum atomic E-state index is -0.411. The average Bonchev–Trinajstić information content (AvgIpc) is 3.46. The normalized spacial score (nSPS) is 19.3. The van der Waals surface area contributed by atoms with Gasteiger partial charge in [-0.05, 0) is 60.9 Å². The van der Waals surface area contributed by atoms with Crippen LogP contribution in [0.15, 0.2) is 64.2 Å². The first-order valence-electron chi connectivity index (χ1n) is 10.6. The fraction of sp³-hybridized carbons (Fsp3) is 0.250. The molecule has 8 heteroatoms. The first-order valence-corrected chi connectivity index (χ1v) is 11.4. The quantitative estimate of drug-likeness (QED) is 0.712. The van der Waals surface area contributed by atoms with Gasteiger partial charge in [0.15, 0.2) is 11.0 Å². The lowest BCUT2D eigenvalue weighted by Gasteiger charge is -2.20. The van der Waals surface area contributed by atoms with Gasteiger partial charge >= 0.3 is 0 Å². The van der Waals surface area contributed by atoms with Gasteiger partial charge in [-0.15, -0.1) is 5.10 Å². The molecule has 32 heavy (non-hydrogen) atoms. The van der Waals surface area contributed by atoms with Gasteiger partial charge in [0.2, 0.25) is 5.17 Å². The van der Waals surface area contributed by atoms with Gasteiger partial charge in [0.05, 0.1) is 5.57 Å². The summed E-state index contributed by atoms with van der Waals surface area (Å²) >= 11 is 1.36. The van der Waals surface area contributed by atoms with Crippen molar-refractivity contribution in [3.63, 3.8) is 0 Å². The van der Waals surface area contributed by atoms with Crippen LogP contribution in [-0.4, -0.2) is 45.1 Å². The molecule has 3 aliphatic heterocycles. The summed E-state index contributed by atoms with van der Waals surface area (Å²) in [5.74, 6) is 0.391. The highest BCUT2D eigenvalue weighted by molar-refractivity contribution is 8.26. The molecule has 0 aromatic heterocycles. The van der Waals surface area contributed by atoms with E-state index in [9.17, 15) is 4.79 Å². The topological polar surface area (TPSA) is 81.3 Å². The number of ether oxygens (including phenoxy) is 1. The Morgan fingerprint density at radius 2 is 1.91 bits per heavy atom. The molecule has 2 aromatic rings. The largest absolute Gasteiger partial charge is 0.489 e. The number of fused-ring (bicyclic) bond motifs is 1. The average molecular weight is 446 g/mol. The number of carbonyl (C=O) groups excluding carboxylic acids is 1. The lowest BCUT2D eigenvalue weighted by molar-refractivity contribution is -0.114. The standard InChI is InChI=1S/C24H23N5O2S/c1-16-5-4-6-18(13-16)15-31-19-9-7-17(8-10-19)14-20-21(25)29-23(26-22(20)30)32-24(27-29)28-11-2-3-12-28/h4-10,13-14,25H,2-3,11-12,15H2,1H3/b20-14+,25-21?. The Morgan fingerprint density at radius 1 is 1.12 bits per heavy atom. The van der Waals surface area contributed by atoms with E-state index >= 15 is 0 Å². The van der Waals surface area contributed by atoms with E-state index in [4.69, 9.17) is 10.1 Å². The number of likely N-dealkylation sites (tertiary alicyclic amines) is 1. The SMILES string of the molecule is Cc1cccc(COc2ccc(/C=C3\C(=N)N4N=C(N5CCCC5)SC4=NC3=O)cc2)c1. The maximum absolute atomic E-state index is 12.6. The number of thioether (sulfide) groups is 1. The van der Waals surface area contributed by atoms with Gasteiger partial charge in [-0.25, -0.2) is 0 Å². The summed E-state index contributed by atoms with van der Waals surface area (Å²) in [4.78, 5) is 19.0. The zero-order valence-electron chi connectivity index (χ0n) is 17.7. The molecule has 0 aliphatic carbocycles. The zero-order chi connectivity index (χ0) is 22.1. The molecule has 162 valence electrons. The molecule has 0 unspecified atom stereocenters. The van der Waals surface area contributed by atoms with Crippen molar-refractivity contribution < 1.29 is 9.53 Å². The van der Waals surface area contributed by atoms with Crippen LogP contribution in [0.3, 0.4) is 0 Å². The Balaban J connectivity index is 1.29. The lowest BCUT2D eigenvalue weighted by Crippen LogP contribution is -2.35. The molecule has 1 fully saturated rings. The van der Waals surface area contributed by atoms with E-state index in [0.717, 1.165) is 48.0 Å². The number of amidine groups is 3. The molecule has 2 aromatic carbocycles. The first-order chi connectivity index (χ1) is 15.6. The van der Waals surface area contributed by atoms with Crippen molar-refractivity contribution in [1.82, 2.24) is 9.91 Å². The molecular weight excluding hydrogens is 422 g/mol. The second-order valence-electron chi connectivity index (χ2n) is 7.94. The van der Waals surface area contributed by atoms with Crippen LogP contribution in [-0.2, 0) is 11.4 Å². The molecule has 3 heterocycles. The summed E-state index contributed by atoms with van der Waals surface area (Å²) in [5.41, 5.74) is 3.35. The number of benzene rings is 2. The predicted molar refractivity (Wildman–Crippen MR) is 128 cm³/mol. The van der Waals surface area contributed by atoms with Crippen LogP contribution >= 0.6 is 11.8 Å². The molecule has 0 atom stereocenters. The number of amides is 1. The summed E-state index contributed by atoms with van der Waals surface area (Å²) in [7, 11) is 0. The summed E-state index contributed by atoms with van der Waals surface area (Å²) in [6, 6.07) is 15.7. The summed E-state index contributed by atoms with van der Waals surface area (Å²) in [6.07, 6.45) is 3.96. The number of hydrogen-bond acceptors (Lipinski definition) is 6. The molecular formula is C24H23N5O2S. The Labute approximate surface area is 191 Å². The third kappa shape index (κ3) is 4.18. The van der Waals surface area contributed by atoms with Crippen molar-refractivity contribution in [3.8, 4) is 5.75 Å². The Morgan fingerprint density at radius 3 is 2.66 bits per heavy atom. The molecule has 0 radical (unpaired) electrons. The molecule has 0 spiro atoms. The third-order valence-corrected chi connectivity index (χ3v) is 6.47. The number of nitrogens with one attached hydrogen (secondary N) is 1. The van der Waals surface area contributed by atoms with Gasteiger partial charge in [-0.2, -0.15) is 10.0 Å². The monoisotopic (exact) mass is 445 g/mol. The van der Waals surface area contributed by atoms with E-state index in [1.54, 1.807) is 6.08 Å². The number of nitrogens with zero attached hydrogens (tertiary/aromatic N) is 4. The molecule has 0 saturated carbocycles. The summed E-state index contributed by atoms with van der Waals surface area (Å²) in [5, 5.41) is 15.8. The molecule has 3 aliphatic rings. The van der Waals surface area contributed by atoms with Crippen LogP contribution in [0.4, 0.5) is 0 Å². The van der Waals surface area contributed by atoms with Crippen molar-refractivity contribution in [3.05, 3.63) is 70.8 Å². The highest BCUT2D eigenvalue weighted by atomic mass is 32.2. The number of hydrazone groups is 1. The predicted octanol–water partition coefficient (Wildman–Crippen LogP) is 4.25. The van der Waals surface area contributed by atoms with E-state index in [-0.39, 0.29) is 11.4 Å². The maximum Gasteiger partial charge on any atom is 0.283 e. The molecule has 1 saturated heterocycles. The zero-order valence-corrected chi connectivity index (χ0v) is 18.6. The van der Waals surface area contributed by atoms with Crippen LogP contribution < -0.4 is 4.74 Å². The smallest absolute Gasteiger partial charge is 0.283 e. The van der Waals surface area contributed by atoms with E-state index in [2.05, 4.69) is 34.1 Å². The van der Waals surface area contributed by atoms with Gasteiger partial charge in [-0.3, -0.25) is 10.2 Å². The van der Waals surface area contributed by atoms with Crippen LogP contribution in [0.5, 0.6) is 5.75 Å². The number of aliphatic imine (C=N–C) groups is 1. The second-order valence-corrected chi connectivity index (χ2v) is 8.88. The van der Waals surface area contributed by atoms with E-state index < -0.39 is 5.91 Å². The Kier molecular flexibility index (Phi) is 5.53. The number of hydrogen-bond donors (Lipinski definition) is 1. The minimum Gasteiger partial charge on any atom is -0.489 e. The van der Waals surface area contributed by atoms with Crippen molar-refractivity contribution in [2.75, 3.05) is 13.1 Å². The van der Waals surface area contributed by atoms with Crippen molar-refractivity contribution in [2.45, 2.75) is 26.4 Å². The van der Waals surface area contributed by atoms with Gasteiger partial charge in [0.25, 0.3) is 5.91 Å². The van der Waals surface area contributed by atoms with E-state index in [0.29, 0.717) is 11.8 Å². The number of carbonyl (C=O) groups is 1. The molecule has 1 amide bonds. The lowest BCUT2D eigenvalue weighted by atomic mass is 10.1. The second kappa shape index (κ2) is 8.63. The Bertz CT molecular complexity index is 1160. The van der Waals surface area contributed by atoms with Gasteiger partial charge < -0.3 is 9.64 Å². The van der Waals surface area contributed by atoms with Crippen LogP contribution in [0.25, 0.3) is 6.08 Å². The summed E-state index contributed by atoms with van der Waals surface area (Å²) in [6.45, 7) is 4.46. The molecule has 5 rings (SSSR count). The van der Waals surface area contributed by atoms with Crippen molar-refractivity contribution in [1.29, 1.82) is 5.41 Å². The van der Waals surface area contributed by atoms with E-state index in [1.165, 1.54) is 22.3 Å². The van der Waals surface area contributed by atoms with E-state index in [1.807, 2.05) is 36.4 Å². The van der Waals surface area contributed by atoms with Gasteiger partial charge in [-0.1, -0.05) is 42.0 Å². The molecule has 7 nitrogen and oxygen atoms in total. The minimum absolute atomic E-state index is 0.0569. The van der Waals surface area contributed by atoms with Crippen molar-refractivity contribution >= 4 is 39.9 Å². The molecule has 0 bridgehead atoms. The Hall–Kier alpha value is -3.39.